The lowest BCUT2D eigenvalue weighted by Crippen LogP contribution is -2.72. The van der Waals surface area contributed by atoms with Gasteiger partial charge in [0.05, 0.1) is 13.1 Å². The normalized spacial score (nSPS) is 19.3. The molecule has 2 aliphatic rings. The Morgan fingerprint density at radius 2 is 1.82 bits per heavy atom. The summed E-state index contributed by atoms with van der Waals surface area (Å²) in [6, 6.07) is 15.7. The number of hydrazine groups is 1. The molecule has 1 N–H and O–H groups in total. The van der Waals surface area contributed by atoms with E-state index in [9.17, 15) is 18.8 Å². The Labute approximate surface area is 227 Å². The van der Waals surface area contributed by atoms with Gasteiger partial charge in [0.2, 0.25) is 5.91 Å². The van der Waals surface area contributed by atoms with Crippen LogP contribution in [0.1, 0.15) is 25.0 Å². The minimum atomic E-state index is -0.670. The third kappa shape index (κ3) is 6.54. The van der Waals surface area contributed by atoms with Crippen LogP contribution in [0.2, 0.25) is 0 Å². The largest absolute Gasteiger partial charge is 0.334 e. The highest BCUT2D eigenvalue weighted by Gasteiger charge is 2.48. The van der Waals surface area contributed by atoms with Crippen molar-refractivity contribution in [2.45, 2.75) is 32.3 Å². The van der Waals surface area contributed by atoms with E-state index in [4.69, 9.17) is 0 Å². The van der Waals surface area contributed by atoms with E-state index in [-0.39, 0.29) is 43.2 Å². The van der Waals surface area contributed by atoms with Crippen LogP contribution in [0.25, 0.3) is 0 Å². The van der Waals surface area contributed by atoms with Crippen LogP contribution < -0.4 is 5.32 Å². The second kappa shape index (κ2) is 12.4. The highest BCUT2D eigenvalue weighted by molar-refractivity contribution is 7.98. The number of rotatable bonds is 8. The first-order valence-electron chi connectivity index (χ1n) is 12.7. The molecule has 0 aromatic heterocycles. The van der Waals surface area contributed by atoms with Gasteiger partial charge in [-0.3, -0.25) is 14.5 Å². The van der Waals surface area contributed by atoms with Gasteiger partial charge in [0.1, 0.15) is 17.7 Å². The van der Waals surface area contributed by atoms with Crippen molar-refractivity contribution in [3.63, 3.8) is 0 Å². The minimum absolute atomic E-state index is 0.0316. The van der Waals surface area contributed by atoms with Crippen LogP contribution >= 0.6 is 11.8 Å². The number of nitrogens with one attached hydrogen (secondary N) is 1. The number of carbonyl (C=O) groups is 3. The number of amides is 4. The lowest BCUT2D eigenvalue weighted by Gasteiger charge is -2.52. The fraction of sp³-hybridized carbons (Fsp3) is 0.393. The zero-order valence-electron chi connectivity index (χ0n) is 22.0. The predicted octanol–water partition coefficient (Wildman–Crippen LogP) is 3.67. The van der Waals surface area contributed by atoms with Gasteiger partial charge in [-0.05, 0) is 29.2 Å². The Hall–Kier alpha value is -3.37. The molecule has 4 rings (SSSR count). The number of benzene rings is 2. The Balaban J connectivity index is 1.50. The predicted molar refractivity (Wildman–Crippen MR) is 146 cm³/mol. The lowest BCUT2D eigenvalue weighted by molar-refractivity contribution is -0.170. The van der Waals surface area contributed by atoms with Crippen molar-refractivity contribution in [1.29, 1.82) is 0 Å². The summed E-state index contributed by atoms with van der Waals surface area (Å²) in [4.78, 5) is 43.3. The van der Waals surface area contributed by atoms with Crippen molar-refractivity contribution in [3.8, 4) is 0 Å². The lowest BCUT2D eigenvalue weighted by atomic mass is 10.1. The van der Waals surface area contributed by atoms with Crippen molar-refractivity contribution in [2.75, 3.05) is 32.4 Å². The quantitative estimate of drug-likeness (QED) is 0.409. The van der Waals surface area contributed by atoms with E-state index >= 15 is 0 Å². The summed E-state index contributed by atoms with van der Waals surface area (Å²) in [6.45, 7) is 4.79. The topological polar surface area (TPSA) is 76.2 Å². The number of hydrogen-bond donors (Lipinski definition) is 1. The minimum Gasteiger partial charge on any atom is -0.333 e. The van der Waals surface area contributed by atoms with Gasteiger partial charge in [-0.2, -0.15) is 11.8 Å². The van der Waals surface area contributed by atoms with Gasteiger partial charge in [-0.25, -0.2) is 19.2 Å². The summed E-state index contributed by atoms with van der Waals surface area (Å²) < 4.78 is 13.3. The summed E-state index contributed by atoms with van der Waals surface area (Å²) in [5.41, 5.74) is 2.29. The van der Waals surface area contributed by atoms with Gasteiger partial charge in [-0.1, -0.05) is 62.4 Å². The Morgan fingerprint density at radius 3 is 2.50 bits per heavy atom. The van der Waals surface area contributed by atoms with Gasteiger partial charge in [-0.15, -0.1) is 0 Å². The second-order valence-electron chi connectivity index (χ2n) is 9.78. The number of carbonyl (C=O) groups excluding carboxylic acids is 3. The first-order chi connectivity index (χ1) is 18.2. The summed E-state index contributed by atoms with van der Waals surface area (Å²) in [6.07, 6.45) is 1.13. The molecule has 202 valence electrons. The van der Waals surface area contributed by atoms with Gasteiger partial charge in [0.15, 0.2) is 0 Å². The maximum Gasteiger partial charge on any atom is 0.334 e. The molecule has 2 aromatic rings. The Bertz CT molecular complexity index is 1170. The molecule has 2 aromatic carbocycles. The number of nitrogens with zero attached hydrogens (tertiary/aromatic N) is 4. The van der Waals surface area contributed by atoms with E-state index in [2.05, 4.69) is 17.4 Å². The maximum atomic E-state index is 13.5. The molecule has 10 heteroatoms. The monoisotopic (exact) mass is 539 g/mol. The van der Waals surface area contributed by atoms with E-state index in [1.807, 2.05) is 32.0 Å². The van der Waals surface area contributed by atoms with Crippen LogP contribution in [-0.2, 0) is 21.9 Å². The molecule has 1 atom stereocenters. The SMILES string of the molecule is CC(C)/C=C1\C(=O)N(CCSCc2ccccc2)C[C@H]2N1C(=O)CN(C)N2C(=O)NCc1ccc(F)cc1. The average molecular weight is 540 g/mol. The van der Waals surface area contributed by atoms with Crippen LogP contribution in [0.3, 0.4) is 0 Å². The molecule has 4 amide bonds. The molecule has 2 heterocycles. The van der Waals surface area contributed by atoms with E-state index in [1.165, 1.54) is 27.6 Å². The van der Waals surface area contributed by atoms with Crippen LogP contribution in [0.4, 0.5) is 9.18 Å². The van der Waals surface area contributed by atoms with Gasteiger partial charge >= 0.3 is 6.03 Å². The fourth-order valence-electron chi connectivity index (χ4n) is 4.60. The first-order valence-corrected chi connectivity index (χ1v) is 13.9. The van der Waals surface area contributed by atoms with Gasteiger partial charge in [0, 0.05) is 31.6 Å². The van der Waals surface area contributed by atoms with Gasteiger partial charge < -0.3 is 10.2 Å². The summed E-state index contributed by atoms with van der Waals surface area (Å²) in [7, 11) is 1.69. The molecule has 8 nitrogen and oxygen atoms in total. The molecular formula is C28H34FN5O3S. The number of likely N-dealkylation sites (N-methyl/N-ethyl adjacent to an activating group) is 1. The smallest absolute Gasteiger partial charge is 0.333 e. The molecule has 0 aliphatic carbocycles. The number of fused-ring (bicyclic) bond motifs is 1. The van der Waals surface area contributed by atoms with Crippen LogP contribution in [0.15, 0.2) is 66.4 Å². The molecular weight excluding hydrogens is 505 g/mol. The third-order valence-corrected chi connectivity index (χ3v) is 7.41. The zero-order valence-corrected chi connectivity index (χ0v) is 22.8. The summed E-state index contributed by atoms with van der Waals surface area (Å²) in [5, 5.41) is 5.98. The highest BCUT2D eigenvalue weighted by atomic mass is 32.2. The maximum absolute atomic E-state index is 13.5. The molecule has 0 saturated carbocycles. The first kappa shape index (κ1) is 27.7. The van der Waals surface area contributed by atoms with Gasteiger partial charge in [0.25, 0.3) is 5.91 Å². The molecule has 38 heavy (non-hydrogen) atoms. The average Bonchev–Trinajstić information content (AvgIpc) is 2.88. The Morgan fingerprint density at radius 1 is 1.11 bits per heavy atom. The molecule has 2 aliphatic heterocycles. The number of piperazine rings is 1. The van der Waals surface area contributed by atoms with Crippen molar-refractivity contribution in [2.24, 2.45) is 5.92 Å². The van der Waals surface area contributed by atoms with Crippen LogP contribution in [0.5, 0.6) is 0 Å². The van der Waals surface area contributed by atoms with Crippen LogP contribution in [0, 0.1) is 11.7 Å². The number of urea groups is 1. The second-order valence-corrected chi connectivity index (χ2v) is 10.9. The van der Waals surface area contributed by atoms with E-state index in [0.29, 0.717) is 12.2 Å². The molecule has 0 unspecified atom stereocenters. The van der Waals surface area contributed by atoms with Crippen molar-refractivity contribution < 1.29 is 18.8 Å². The highest BCUT2D eigenvalue weighted by Crippen LogP contribution is 2.29. The van der Waals surface area contributed by atoms with Crippen molar-refractivity contribution >= 4 is 29.6 Å². The van der Waals surface area contributed by atoms with Crippen molar-refractivity contribution in [1.82, 2.24) is 25.1 Å². The fourth-order valence-corrected chi connectivity index (χ4v) is 5.52. The number of halogens is 1. The van der Waals surface area contributed by atoms with E-state index in [0.717, 1.165) is 17.1 Å². The Kier molecular flexibility index (Phi) is 9.06. The molecule has 0 bridgehead atoms. The third-order valence-electron chi connectivity index (χ3n) is 6.40. The standard InChI is InChI=1S/C28H34FN5O3S/c1-20(2)15-24-27(36)32(13-14-38-19-22-7-5-4-6-8-22)17-25-33(24)26(35)18-31(3)34(25)28(37)30-16-21-9-11-23(29)12-10-21/h4-12,15,20,25H,13-14,16-19H2,1-3H3,(H,30,37)/b24-15+/t25-/m0/s1. The molecule has 0 spiro atoms. The van der Waals surface area contributed by atoms with Crippen molar-refractivity contribution in [3.05, 3.63) is 83.3 Å². The van der Waals surface area contributed by atoms with E-state index < -0.39 is 12.2 Å². The molecule has 0 radical (unpaired) electrons. The number of hydrogen-bond acceptors (Lipinski definition) is 5. The molecule has 2 fully saturated rings. The summed E-state index contributed by atoms with van der Waals surface area (Å²) >= 11 is 1.74. The number of thioether (sulfide) groups is 1. The van der Waals surface area contributed by atoms with E-state index in [1.54, 1.807) is 46.9 Å². The van der Waals surface area contributed by atoms with Crippen LogP contribution in [-0.4, -0.2) is 76.3 Å². The summed E-state index contributed by atoms with van der Waals surface area (Å²) in [5.74, 6) is 0.839. The zero-order chi connectivity index (χ0) is 27.2. The molecule has 2 saturated heterocycles. The number of allylic oxidation sites excluding steroid dienone is 1.